The minimum atomic E-state index is -3.23. The molecule has 3 N–H and O–H groups in total. The van der Waals surface area contributed by atoms with E-state index in [0.717, 1.165) is 17.5 Å². The summed E-state index contributed by atoms with van der Waals surface area (Å²) in [6.07, 6.45) is 1.16. The van der Waals surface area contributed by atoms with Gasteiger partial charge in [0, 0.05) is 11.9 Å². The first-order chi connectivity index (χ1) is 8.88. The van der Waals surface area contributed by atoms with Gasteiger partial charge >= 0.3 is 0 Å². The van der Waals surface area contributed by atoms with Crippen molar-refractivity contribution < 1.29 is 8.42 Å². The van der Waals surface area contributed by atoms with E-state index in [4.69, 9.17) is 5.73 Å². The highest BCUT2D eigenvalue weighted by Crippen LogP contribution is 2.27. The van der Waals surface area contributed by atoms with Crippen molar-refractivity contribution in [3.8, 4) is 0 Å². The van der Waals surface area contributed by atoms with Crippen LogP contribution in [0.4, 0.5) is 17.1 Å². The second-order valence-corrected chi connectivity index (χ2v) is 6.48. The molecule has 0 unspecified atom stereocenters. The van der Waals surface area contributed by atoms with Crippen molar-refractivity contribution in [3.05, 3.63) is 48.0 Å². The highest BCUT2D eigenvalue weighted by atomic mass is 32.2. The Kier molecular flexibility index (Phi) is 3.48. The molecule has 2 rings (SSSR count). The van der Waals surface area contributed by atoms with Crippen LogP contribution >= 0.6 is 0 Å². The highest BCUT2D eigenvalue weighted by Gasteiger charge is 2.09. The summed E-state index contributed by atoms with van der Waals surface area (Å²) in [5, 5.41) is 3.20. The minimum Gasteiger partial charge on any atom is -0.397 e. The van der Waals surface area contributed by atoms with E-state index in [1.165, 1.54) is 6.07 Å². The van der Waals surface area contributed by atoms with E-state index in [2.05, 4.69) is 5.32 Å². The molecule has 100 valence electrons. The van der Waals surface area contributed by atoms with Crippen LogP contribution in [0.5, 0.6) is 0 Å². The Labute approximate surface area is 113 Å². The number of hydrogen-bond donors (Lipinski definition) is 2. The lowest BCUT2D eigenvalue weighted by atomic mass is 10.2. The number of aryl methyl sites for hydroxylation is 1. The van der Waals surface area contributed by atoms with Crippen LogP contribution in [0.3, 0.4) is 0 Å². The van der Waals surface area contributed by atoms with E-state index >= 15 is 0 Å². The maximum Gasteiger partial charge on any atom is 0.175 e. The Balaban J connectivity index is 2.36. The van der Waals surface area contributed by atoms with Gasteiger partial charge in [0.15, 0.2) is 9.84 Å². The fourth-order valence-electron chi connectivity index (χ4n) is 1.74. The van der Waals surface area contributed by atoms with Crippen LogP contribution in [0.15, 0.2) is 47.4 Å². The third-order valence-corrected chi connectivity index (χ3v) is 3.98. The van der Waals surface area contributed by atoms with Gasteiger partial charge in [-0.2, -0.15) is 0 Å². The van der Waals surface area contributed by atoms with Gasteiger partial charge in [-0.1, -0.05) is 18.2 Å². The van der Waals surface area contributed by atoms with Crippen molar-refractivity contribution in [2.75, 3.05) is 17.3 Å². The quantitative estimate of drug-likeness (QED) is 0.845. The molecule has 0 aliphatic rings. The van der Waals surface area contributed by atoms with Crippen molar-refractivity contribution in [1.29, 1.82) is 0 Å². The molecule has 19 heavy (non-hydrogen) atoms. The number of para-hydroxylation sites is 1. The van der Waals surface area contributed by atoms with Gasteiger partial charge in [-0.3, -0.25) is 0 Å². The summed E-state index contributed by atoms with van der Waals surface area (Å²) >= 11 is 0. The van der Waals surface area contributed by atoms with Crippen LogP contribution in [-0.4, -0.2) is 14.7 Å². The second-order valence-electron chi connectivity index (χ2n) is 4.46. The predicted molar refractivity (Wildman–Crippen MR) is 78.4 cm³/mol. The van der Waals surface area contributed by atoms with Crippen LogP contribution in [0, 0.1) is 6.92 Å². The molecular formula is C14H16N2O2S. The maximum atomic E-state index is 11.4. The van der Waals surface area contributed by atoms with Gasteiger partial charge in [0.05, 0.1) is 16.3 Å². The lowest BCUT2D eigenvalue weighted by Gasteiger charge is -2.12. The fraction of sp³-hybridized carbons (Fsp3) is 0.143. The molecular weight excluding hydrogens is 260 g/mol. The van der Waals surface area contributed by atoms with Gasteiger partial charge in [0.25, 0.3) is 0 Å². The van der Waals surface area contributed by atoms with E-state index in [1.54, 1.807) is 12.1 Å². The molecule has 2 aromatic carbocycles. The monoisotopic (exact) mass is 276 g/mol. The van der Waals surface area contributed by atoms with E-state index < -0.39 is 9.84 Å². The summed E-state index contributed by atoms with van der Waals surface area (Å²) in [6.45, 7) is 1.99. The third kappa shape index (κ3) is 3.06. The van der Waals surface area contributed by atoms with E-state index in [1.807, 2.05) is 31.2 Å². The summed E-state index contributed by atoms with van der Waals surface area (Å²) in [4.78, 5) is 0.223. The van der Waals surface area contributed by atoms with Gasteiger partial charge in [-0.25, -0.2) is 8.42 Å². The van der Waals surface area contributed by atoms with E-state index in [0.29, 0.717) is 11.4 Å². The molecule has 0 heterocycles. The number of anilines is 3. The van der Waals surface area contributed by atoms with Crippen molar-refractivity contribution in [2.24, 2.45) is 0 Å². The zero-order chi connectivity index (χ0) is 14.0. The standard InChI is InChI=1S/C14H16N2O2S/c1-10-5-3-4-6-13(10)16-14-8-7-11(9-12(14)15)19(2,17)18/h3-9,16H,15H2,1-2H3. The van der Waals surface area contributed by atoms with Crippen LogP contribution in [0.2, 0.25) is 0 Å². The lowest BCUT2D eigenvalue weighted by molar-refractivity contribution is 0.602. The molecule has 0 saturated heterocycles. The van der Waals surface area contributed by atoms with Crippen LogP contribution in [-0.2, 0) is 9.84 Å². The summed E-state index contributed by atoms with van der Waals surface area (Å²) < 4.78 is 22.9. The SMILES string of the molecule is Cc1ccccc1Nc1ccc(S(C)(=O)=O)cc1N. The number of nitrogens with two attached hydrogens (primary N) is 1. The molecule has 0 spiro atoms. The average molecular weight is 276 g/mol. The average Bonchev–Trinajstić information content (AvgIpc) is 2.33. The summed E-state index contributed by atoms with van der Waals surface area (Å²) in [5.74, 6) is 0. The fourth-order valence-corrected chi connectivity index (χ4v) is 2.40. The van der Waals surface area contributed by atoms with Gasteiger partial charge in [0.2, 0.25) is 0 Å². The number of benzene rings is 2. The predicted octanol–water partition coefficient (Wildman–Crippen LogP) is 2.72. The second kappa shape index (κ2) is 4.93. The van der Waals surface area contributed by atoms with Gasteiger partial charge in [-0.15, -0.1) is 0 Å². The molecule has 0 aromatic heterocycles. The normalized spacial score (nSPS) is 11.3. The van der Waals surface area contributed by atoms with Gasteiger partial charge in [-0.05, 0) is 36.8 Å². The van der Waals surface area contributed by atoms with E-state index in [-0.39, 0.29) is 4.90 Å². The van der Waals surface area contributed by atoms with Crippen molar-refractivity contribution in [2.45, 2.75) is 11.8 Å². The number of nitrogen functional groups attached to an aromatic ring is 1. The summed E-state index contributed by atoms with van der Waals surface area (Å²) in [5.41, 5.74) is 9.03. The van der Waals surface area contributed by atoms with Gasteiger partial charge < -0.3 is 11.1 Å². The van der Waals surface area contributed by atoms with Crippen LogP contribution < -0.4 is 11.1 Å². The van der Waals surface area contributed by atoms with Crippen molar-refractivity contribution in [1.82, 2.24) is 0 Å². The smallest absolute Gasteiger partial charge is 0.175 e. The first-order valence-electron chi connectivity index (χ1n) is 5.80. The Bertz CT molecular complexity index is 709. The Morgan fingerprint density at radius 3 is 2.32 bits per heavy atom. The number of sulfone groups is 1. The lowest BCUT2D eigenvalue weighted by Crippen LogP contribution is -2.02. The molecule has 0 aliphatic carbocycles. The molecule has 0 fully saturated rings. The largest absolute Gasteiger partial charge is 0.397 e. The molecule has 0 radical (unpaired) electrons. The van der Waals surface area contributed by atoms with Crippen molar-refractivity contribution in [3.63, 3.8) is 0 Å². The molecule has 0 atom stereocenters. The Morgan fingerprint density at radius 1 is 1.05 bits per heavy atom. The van der Waals surface area contributed by atoms with E-state index in [9.17, 15) is 8.42 Å². The third-order valence-electron chi connectivity index (χ3n) is 2.87. The molecule has 5 heteroatoms. The molecule has 0 amide bonds. The Morgan fingerprint density at radius 2 is 1.74 bits per heavy atom. The topological polar surface area (TPSA) is 72.2 Å². The number of hydrogen-bond acceptors (Lipinski definition) is 4. The summed E-state index contributed by atoms with van der Waals surface area (Å²) in [6, 6.07) is 12.5. The van der Waals surface area contributed by atoms with Crippen LogP contribution in [0.1, 0.15) is 5.56 Å². The first kappa shape index (κ1) is 13.4. The van der Waals surface area contributed by atoms with Crippen molar-refractivity contribution >= 4 is 26.9 Å². The number of rotatable bonds is 3. The minimum absolute atomic E-state index is 0.223. The molecule has 0 aliphatic heterocycles. The molecule has 4 nitrogen and oxygen atoms in total. The maximum absolute atomic E-state index is 11.4. The molecule has 2 aromatic rings. The zero-order valence-corrected chi connectivity index (χ0v) is 11.7. The molecule has 0 saturated carbocycles. The summed E-state index contributed by atoms with van der Waals surface area (Å²) in [7, 11) is -3.23. The first-order valence-corrected chi connectivity index (χ1v) is 7.69. The Hall–Kier alpha value is -2.01. The highest BCUT2D eigenvalue weighted by molar-refractivity contribution is 7.90. The molecule has 0 bridgehead atoms. The van der Waals surface area contributed by atoms with Gasteiger partial charge in [0.1, 0.15) is 0 Å². The number of nitrogens with one attached hydrogen (secondary N) is 1. The zero-order valence-electron chi connectivity index (χ0n) is 10.8. The van der Waals surface area contributed by atoms with Crippen LogP contribution in [0.25, 0.3) is 0 Å².